The molecule has 0 spiro atoms. The molecule has 40 heavy (non-hydrogen) atoms. The number of carbonyl (C=O) groups is 1. The number of benzene rings is 1. The molecule has 7 nitrogen and oxygen atoms in total. The van der Waals surface area contributed by atoms with Crippen LogP contribution < -0.4 is 13.9 Å². The molecule has 0 saturated heterocycles. The van der Waals surface area contributed by atoms with Gasteiger partial charge in [-0.15, -0.1) is 0 Å². The summed E-state index contributed by atoms with van der Waals surface area (Å²) in [4.78, 5) is 12.3. The van der Waals surface area contributed by atoms with Crippen LogP contribution >= 0.6 is 0 Å². The molecule has 0 fully saturated rings. The monoisotopic (exact) mass is 563 g/mol. The third-order valence-electron chi connectivity index (χ3n) is 8.56. The molecule has 1 unspecified atom stereocenters. The topological polar surface area (TPSA) is 74.2 Å². The lowest BCUT2D eigenvalue weighted by molar-refractivity contribution is -1.16. The maximum Gasteiger partial charge on any atom is 0.484 e. The fourth-order valence-corrected chi connectivity index (χ4v) is 6.90. The zero-order chi connectivity index (χ0) is 27.8. The molecule has 0 bridgehead atoms. The SMILES string of the molecule is O=C(CCCCCCCCCC[N+]12Cc3cccc[n+]3C1[n+]1ccccc1C2)CCc1ccc(NS(=O)O)cc1. The average Bonchev–Trinajstić information content (AvgIpc) is 3.44. The van der Waals surface area contributed by atoms with Crippen molar-refractivity contribution < 1.29 is 27.2 Å². The molecule has 1 aromatic carbocycles. The zero-order valence-corrected chi connectivity index (χ0v) is 24.2. The van der Waals surface area contributed by atoms with Crippen molar-refractivity contribution in [2.45, 2.75) is 90.0 Å². The average molecular weight is 564 g/mol. The Labute approximate surface area is 240 Å². The van der Waals surface area contributed by atoms with E-state index in [9.17, 15) is 9.00 Å². The van der Waals surface area contributed by atoms with E-state index >= 15 is 0 Å². The quantitative estimate of drug-likeness (QED) is 0.107. The normalized spacial score (nSPS) is 19.6. The molecule has 2 aromatic heterocycles. The zero-order valence-electron chi connectivity index (χ0n) is 23.4. The second-order valence-corrected chi connectivity index (χ2v) is 12.2. The Morgan fingerprint density at radius 1 is 0.800 bits per heavy atom. The number of aromatic nitrogens is 2. The van der Waals surface area contributed by atoms with Crippen LogP contribution in [-0.4, -0.2) is 25.6 Å². The summed E-state index contributed by atoms with van der Waals surface area (Å²) in [6, 6.07) is 20.6. The summed E-state index contributed by atoms with van der Waals surface area (Å²) in [5.74, 6) is 0.328. The minimum atomic E-state index is -2.06. The predicted molar refractivity (Wildman–Crippen MR) is 156 cm³/mol. The Balaban J connectivity index is 0.931. The summed E-state index contributed by atoms with van der Waals surface area (Å²) in [7, 11) is 0. The Kier molecular flexibility index (Phi) is 9.73. The van der Waals surface area contributed by atoms with Crippen molar-refractivity contribution in [3.8, 4) is 0 Å². The predicted octanol–water partition coefficient (Wildman–Crippen LogP) is 5.37. The van der Waals surface area contributed by atoms with E-state index in [-0.39, 0.29) is 0 Å². The number of aryl methyl sites for hydroxylation is 1. The van der Waals surface area contributed by atoms with Gasteiger partial charge in [-0.05, 0) is 55.5 Å². The van der Waals surface area contributed by atoms with Crippen LogP contribution in [0, 0.1) is 0 Å². The van der Waals surface area contributed by atoms with Crippen molar-refractivity contribution in [3.63, 3.8) is 0 Å². The molecule has 4 heterocycles. The van der Waals surface area contributed by atoms with Gasteiger partial charge in [-0.3, -0.25) is 14.1 Å². The molecule has 0 aliphatic carbocycles. The van der Waals surface area contributed by atoms with E-state index in [1.807, 2.05) is 12.1 Å². The van der Waals surface area contributed by atoms with Gasteiger partial charge in [0.1, 0.15) is 5.78 Å². The Bertz CT molecular complexity index is 1260. The van der Waals surface area contributed by atoms with Crippen LogP contribution in [0.15, 0.2) is 73.1 Å². The van der Waals surface area contributed by atoms with E-state index in [1.165, 1.54) is 56.5 Å². The standard InChI is InChI=1S/C32H42N4O3S/c37-31(21-18-27-16-19-28(20-17-27)33-40(38)39)15-7-5-3-1-2-4-6-12-24-36-25-29-13-8-10-22-34(29)32(36)35-23-11-9-14-30(35)26-36/h8-11,13-14,16-17,19-20,22-23,32-33H,1-7,12,15,18,21,24-26H2/q+2/p+1. The molecule has 0 amide bonds. The number of hydrogen-bond acceptors (Lipinski definition) is 2. The highest BCUT2D eigenvalue weighted by molar-refractivity contribution is 7.80. The minimum Gasteiger partial charge on any atom is -0.300 e. The van der Waals surface area contributed by atoms with Crippen LogP contribution in [0.2, 0.25) is 0 Å². The summed E-state index contributed by atoms with van der Waals surface area (Å²) in [5.41, 5.74) is 4.56. The molecule has 0 radical (unpaired) electrons. The highest BCUT2D eigenvalue weighted by atomic mass is 32.2. The van der Waals surface area contributed by atoms with Crippen LogP contribution in [-0.2, 0) is 35.6 Å². The number of rotatable bonds is 16. The molecular weight excluding hydrogens is 520 g/mol. The number of nitrogens with zero attached hydrogens (tertiary/aromatic N) is 3. The van der Waals surface area contributed by atoms with Crippen molar-refractivity contribution in [1.29, 1.82) is 0 Å². The number of unbranched alkanes of at least 4 members (excludes halogenated alkanes) is 7. The van der Waals surface area contributed by atoms with Crippen molar-refractivity contribution in [1.82, 2.24) is 0 Å². The lowest BCUT2D eigenvalue weighted by Crippen LogP contribution is -2.62. The van der Waals surface area contributed by atoms with Gasteiger partial charge in [-0.1, -0.05) is 53.4 Å². The highest BCUT2D eigenvalue weighted by Crippen LogP contribution is 2.34. The molecule has 2 aliphatic heterocycles. The van der Waals surface area contributed by atoms with Gasteiger partial charge in [0.2, 0.25) is 11.4 Å². The van der Waals surface area contributed by atoms with E-state index in [0.29, 0.717) is 30.6 Å². The maximum atomic E-state index is 12.3. The van der Waals surface area contributed by atoms with E-state index in [2.05, 4.69) is 62.6 Å². The van der Waals surface area contributed by atoms with E-state index < -0.39 is 11.3 Å². The van der Waals surface area contributed by atoms with Gasteiger partial charge in [0.25, 0.3) is 11.3 Å². The number of pyridine rings is 2. The van der Waals surface area contributed by atoms with Gasteiger partial charge in [0, 0.05) is 42.8 Å². The van der Waals surface area contributed by atoms with Crippen LogP contribution in [0.1, 0.15) is 87.4 Å². The molecule has 8 heteroatoms. The molecule has 2 N–H and O–H groups in total. The number of quaternary nitrogens is 1. The highest BCUT2D eigenvalue weighted by Gasteiger charge is 2.63. The van der Waals surface area contributed by atoms with E-state index in [4.69, 9.17) is 4.55 Å². The molecular formula is C32H43N4O3S+3. The summed E-state index contributed by atoms with van der Waals surface area (Å²) >= 11 is -2.06. The molecule has 2 aliphatic rings. The lowest BCUT2D eigenvalue weighted by atomic mass is 10.0. The second-order valence-electron chi connectivity index (χ2n) is 11.5. The Morgan fingerprint density at radius 2 is 1.38 bits per heavy atom. The summed E-state index contributed by atoms with van der Waals surface area (Å²) in [6.45, 7) is 3.45. The first-order chi connectivity index (χ1) is 19.5. The lowest BCUT2D eigenvalue weighted by Gasteiger charge is -2.24. The van der Waals surface area contributed by atoms with Crippen LogP contribution in [0.5, 0.6) is 0 Å². The molecule has 0 saturated carbocycles. The third kappa shape index (κ3) is 7.03. The van der Waals surface area contributed by atoms with Crippen molar-refractivity contribution >= 4 is 22.7 Å². The number of fused-ring (bicyclic) bond motifs is 5. The summed E-state index contributed by atoms with van der Waals surface area (Å²) in [5, 5.41) is 0. The van der Waals surface area contributed by atoms with E-state index in [0.717, 1.165) is 42.4 Å². The largest absolute Gasteiger partial charge is 0.484 e. The minimum absolute atomic E-state index is 0.328. The fourth-order valence-electron chi connectivity index (χ4n) is 6.56. The van der Waals surface area contributed by atoms with E-state index in [1.54, 1.807) is 12.1 Å². The van der Waals surface area contributed by atoms with Gasteiger partial charge >= 0.3 is 6.29 Å². The Hall–Kier alpha value is -2.94. The number of hydrogen-bond donors (Lipinski definition) is 2. The van der Waals surface area contributed by atoms with Gasteiger partial charge in [0.05, 0.1) is 6.54 Å². The second kappa shape index (κ2) is 13.6. The molecule has 212 valence electrons. The molecule has 3 aromatic rings. The third-order valence-corrected chi connectivity index (χ3v) is 8.97. The summed E-state index contributed by atoms with van der Waals surface area (Å²) < 4.78 is 28.2. The maximum absolute atomic E-state index is 12.3. The van der Waals surface area contributed by atoms with Gasteiger partial charge in [0.15, 0.2) is 25.5 Å². The van der Waals surface area contributed by atoms with Gasteiger partial charge in [-0.25, -0.2) is 4.21 Å². The number of anilines is 1. The first-order valence-corrected chi connectivity index (χ1v) is 16.0. The van der Waals surface area contributed by atoms with Crippen molar-refractivity contribution in [3.05, 3.63) is 90.0 Å². The van der Waals surface area contributed by atoms with Crippen molar-refractivity contribution in [2.24, 2.45) is 0 Å². The summed E-state index contributed by atoms with van der Waals surface area (Å²) in [6.07, 6.45) is 16.6. The first-order valence-electron chi connectivity index (χ1n) is 14.9. The van der Waals surface area contributed by atoms with Crippen molar-refractivity contribution in [2.75, 3.05) is 11.3 Å². The van der Waals surface area contributed by atoms with Crippen LogP contribution in [0.3, 0.4) is 0 Å². The smallest absolute Gasteiger partial charge is 0.300 e. The van der Waals surface area contributed by atoms with Gasteiger partial charge < -0.3 is 0 Å². The number of nitrogens with one attached hydrogen (secondary N) is 1. The molecule has 5 rings (SSSR count). The van der Waals surface area contributed by atoms with Crippen LogP contribution in [0.4, 0.5) is 5.69 Å². The van der Waals surface area contributed by atoms with Gasteiger partial charge in [-0.2, -0.15) is 4.48 Å². The number of ketones is 1. The molecule has 1 atom stereocenters. The fraction of sp³-hybridized carbons (Fsp3) is 0.469. The van der Waals surface area contributed by atoms with Crippen LogP contribution in [0.25, 0.3) is 0 Å². The Morgan fingerprint density at radius 3 is 1.98 bits per heavy atom. The first kappa shape index (κ1) is 28.6. The number of Topliss-reactive ketones (excluding diaryl/α,β-unsaturated/α-hetero) is 1. The number of carbonyl (C=O) groups excluding carboxylic acids is 1.